The van der Waals surface area contributed by atoms with Crippen molar-refractivity contribution >= 4 is 39.9 Å². The van der Waals surface area contributed by atoms with Gasteiger partial charge in [-0.2, -0.15) is 0 Å². The molecule has 0 atom stereocenters. The Morgan fingerprint density at radius 2 is 1.96 bits per heavy atom. The summed E-state index contributed by atoms with van der Waals surface area (Å²) < 4.78 is 8.76. The summed E-state index contributed by atoms with van der Waals surface area (Å²) in [6, 6.07) is 13.5. The first kappa shape index (κ1) is 16.1. The molecule has 0 radical (unpaired) electrons. The van der Waals surface area contributed by atoms with Crippen LogP contribution in [0.2, 0.25) is 0 Å². The van der Waals surface area contributed by atoms with Crippen LogP contribution in [0.3, 0.4) is 0 Å². The van der Waals surface area contributed by atoms with Crippen molar-refractivity contribution in [3.8, 4) is 0 Å². The monoisotopic (exact) mass is 341 g/mol. The normalized spacial score (nSPS) is 10.5. The molecule has 1 amide bonds. The number of carbonyl (C=O) groups is 2. The smallest absolute Gasteiger partial charge is 0.352 e. The second-order valence-corrected chi connectivity index (χ2v) is 5.84. The van der Waals surface area contributed by atoms with Crippen LogP contribution in [-0.4, -0.2) is 28.1 Å². The second kappa shape index (κ2) is 7.18. The maximum absolute atomic E-state index is 12.0. The zero-order valence-electron chi connectivity index (χ0n) is 13.0. The molecule has 1 heterocycles. The third kappa shape index (κ3) is 3.57. The van der Waals surface area contributed by atoms with Gasteiger partial charge in [0.2, 0.25) is 0 Å². The van der Waals surface area contributed by atoms with Crippen LogP contribution in [0.15, 0.2) is 42.5 Å². The van der Waals surface area contributed by atoms with E-state index in [0.717, 1.165) is 22.3 Å². The molecular formula is C17H15N3O3S. The minimum absolute atomic E-state index is 0.344. The van der Waals surface area contributed by atoms with Gasteiger partial charge in [0, 0.05) is 5.69 Å². The topological polar surface area (TPSA) is 81.2 Å². The van der Waals surface area contributed by atoms with Crippen LogP contribution < -0.4 is 5.32 Å². The number of hydrogen-bond acceptors (Lipinski definition) is 6. The zero-order valence-corrected chi connectivity index (χ0v) is 13.8. The minimum Gasteiger partial charge on any atom is -0.451 e. The van der Waals surface area contributed by atoms with Crippen molar-refractivity contribution in [2.45, 2.75) is 13.3 Å². The van der Waals surface area contributed by atoms with Crippen LogP contribution in [0.5, 0.6) is 0 Å². The van der Waals surface area contributed by atoms with Gasteiger partial charge in [-0.25, -0.2) is 4.79 Å². The van der Waals surface area contributed by atoms with Gasteiger partial charge in [0.1, 0.15) is 0 Å². The van der Waals surface area contributed by atoms with E-state index in [1.54, 1.807) is 0 Å². The molecule has 1 aromatic heterocycles. The quantitative estimate of drug-likeness (QED) is 0.721. The lowest BCUT2D eigenvalue weighted by Gasteiger charge is -2.07. The van der Waals surface area contributed by atoms with Gasteiger partial charge in [0.25, 0.3) is 5.91 Å². The second-order valence-electron chi connectivity index (χ2n) is 5.09. The highest BCUT2D eigenvalue weighted by Gasteiger charge is 2.17. The summed E-state index contributed by atoms with van der Waals surface area (Å²) in [5.74, 6) is -0.968. The van der Waals surface area contributed by atoms with E-state index in [1.807, 2.05) is 49.4 Å². The first-order chi connectivity index (χ1) is 11.7. The molecule has 122 valence electrons. The molecule has 3 rings (SSSR count). The Hall–Kier alpha value is -2.80. The third-order valence-electron chi connectivity index (χ3n) is 3.44. The van der Waals surface area contributed by atoms with Crippen molar-refractivity contribution in [1.29, 1.82) is 0 Å². The first-order valence-electron chi connectivity index (χ1n) is 7.44. The van der Waals surface area contributed by atoms with Gasteiger partial charge in [0.05, 0.1) is 5.69 Å². The number of benzene rings is 2. The molecular weight excluding hydrogens is 326 g/mol. The van der Waals surface area contributed by atoms with Gasteiger partial charge < -0.3 is 10.1 Å². The lowest BCUT2D eigenvalue weighted by atomic mass is 10.1. The molecule has 24 heavy (non-hydrogen) atoms. The molecule has 2 aromatic carbocycles. The number of amides is 1. The third-order valence-corrected chi connectivity index (χ3v) is 4.19. The van der Waals surface area contributed by atoms with Crippen LogP contribution in [0.25, 0.3) is 10.8 Å². The number of carbonyl (C=O) groups excluding carboxylic acids is 2. The van der Waals surface area contributed by atoms with E-state index in [9.17, 15) is 9.59 Å². The summed E-state index contributed by atoms with van der Waals surface area (Å²) in [5, 5.41) is 8.68. The number of esters is 1. The maximum Gasteiger partial charge on any atom is 0.352 e. The Morgan fingerprint density at radius 1 is 1.17 bits per heavy atom. The van der Waals surface area contributed by atoms with Crippen molar-refractivity contribution in [3.05, 3.63) is 53.0 Å². The Labute approximate surface area is 142 Å². The van der Waals surface area contributed by atoms with Crippen LogP contribution in [-0.2, 0) is 16.0 Å². The summed E-state index contributed by atoms with van der Waals surface area (Å²) in [7, 11) is 0. The number of nitrogens with one attached hydrogen (secondary N) is 1. The lowest BCUT2D eigenvalue weighted by Crippen LogP contribution is -2.21. The highest BCUT2D eigenvalue weighted by Crippen LogP contribution is 2.19. The fraction of sp³-hybridized carbons (Fsp3) is 0.176. The molecule has 0 unspecified atom stereocenters. The minimum atomic E-state index is -0.574. The van der Waals surface area contributed by atoms with Gasteiger partial charge in [-0.3, -0.25) is 4.79 Å². The van der Waals surface area contributed by atoms with E-state index in [1.165, 1.54) is 0 Å². The molecule has 6 nitrogen and oxygen atoms in total. The Bertz CT molecular complexity index is 891. The number of hydrogen-bond donors (Lipinski definition) is 1. The van der Waals surface area contributed by atoms with Crippen LogP contribution >= 0.6 is 11.5 Å². The van der Waals surface area contributed by atoms with Gasteiger partial charge in [-0.15, -0.1) is 5.10 Å². The van der Waals surface area contributed by atoms with Gasteiger partial charge in [-0.1, -0.05) is 41.7 Å². The highest BCUT2D eigenvalue weighted by molar-refractivity contribution is 7.07. The molecule has 3 aromatic rings. The molecule has 0 aliphatic carbocycles. The number of aromatic nitrogens is 2. The SMILES string of the molecule is CCc1nnsc1C(=O)OCC(=O)Nc1ccc2ccccc2c1. The molecule has 7 heteroatoms. The van der Waals surface area contributed by atoms with E-state index in [4.69, 9.17) is 4.74 Å². The van der Waals surface area contributed by atoms with Crippen molar-refractivity contribution in [2.24, 2.45) is 0 Å². The largest absolute Gasteiger partial charge is 0.451 e. The first-order valence-corrected chi connectivity index (χ1v) is 8.21. The van der Waals surface area contributed by atoms with Crippen molar-refractivity contribution in [3.63, 3.8) is 0 Å². The number of aryl methyl sites for hydroxylation is 1. The molecule has 0 bridgehead atoms. The predicted molar refractivity (Wildman–Crippen MR) is 92.1 cm³/mol. The fourth-order valence-electron chi connectivity index (χ4n) is 2.26. The molecule has 0 fully saturated rings. The fourth-order valence-corrected chi connectivity index (χ4v) is 2.90. The van der Waals surface area contributed by atoms with Crippen LogP contribution in [0, 0.1) is 0 Å². The number of rotatable bonds is 5. The summed E-state index contributed by atoms with van der Waals surface area (Å²) >= 11 is 0.972. The Morgan fingerprint density at radius 3 is 2.75 bits per heavy atom. The summed E-state index contributed by atoms with van der Waals surface area (Å²) in [6.45, 7) is 1.52. The van der Waals surface area contributed by atoms with Gasteiger partial charge >= 0.3 is 5.97 Å². The maximum atomic E-state index is 12.0. The lowest BCUT2D eigenvalue weighted by molar-refractivity contribution is -0.119. The molecule has 0 aliphatic rings. The highest BCUT2D eigenvalue weighted by atomic mass is 32.1. The number of fused-ring (bicyclic) bond motifs is 1. The molecule has 0 aliphatic heterocycles. The molecule has 0 saturated carbocycles. The average molecular weight is 341 g/mol. The summed E-state index contributed by atoms with van der Waals surface area (Å²) in [4.78, 5) is 24.2. The zero-order chi connectivity index (χ0) is 16.9. The number of ether oxygens (including phenoxy) is 1. The van der Waals surface area contributed by atoms with E-state index in [-0.39, 0.29) is 6.61 Å². The van der Waals surface area contributed by atoms with E-state index in [0.29, 0.717) is 22.7 Å². The Balaban J connectivity index is 1.59. The Kier molecular flexibility index (Phi) is 4.81. The summed E-state index contributed by atoms with van der Waals surface area (Å²) in [5.41, 5.74) is 1.24. The van der Waals surface area contributed by atoms with Crippen LogP contribution in [0.4, 0.5) is 5.69 Å². The van der Waals surface area contributed by atoms with Crippen molar-refractivity contribution in [1.82, 2.24) is 9.59 Å². The van der Waals surface area contributed by atoms with Crippen LogP contribution in [0.1, 0.15) is 22.3 Å². The van der Waals surface area contributed by atoms with E-state index in [2.05, 4.69) is 14.9 Å². The van der Waals surface area contributed by atoms with Crippen molar-refractivity contribution in [2.75, 3.05) is 11.9 Å². The van der Waals surface area contributed by atoms with Gasteiger partial charge in [-0.05, 0) is 40.9 Å². The standard InChI is InChI=1S/C17H15N3O3S/c1-2-14-16(24-20-19-14)17(22)23-10-15(21)18-13-8-7-11-5-3-4-6-12(11)9-13/h3-9H,2,10H2,1H3,(H,18,21). The molecule has 1 N–H and O–H groups in total. The van der Waals surface area contributed by atoms with Crippen molar-refractivity contribution < 1.29 is 14.3 Å². The average Bonchev–Trinajstić information content (AvgIpc) is 3.08. The predicted octanol–water partition coefficient (Wildman–Crippen LogP) is 3.05. The number of anilines is 1. The molecule has 0 spiro atoms. The van der Waals surface area contributed by atoms with E-state index < -0.39 is 11.9 Å². The summed E-state index contributed by atoms with van der Waals surface area (Å²) in [6.07, 6.45) is 0.588. The molecule has 0 saturated heterocycles. The number of nitrogens with zero attached hydrogens (tertiary/aromatic N) is 2. The van der Waals surface area contributed by atoms with E-state index >= 15 is 0 Å². The van der Waals surface area contributed by atoms with Gasteiger partial charge in [0.15, 0.2) is 11.5 Å².